The Morgan fingerprint density at radius 3 is 2.54 bits per heavy atom. The van der Waals surface area contributed by atoms with Crippen LogP contribution in [-0.4, -0.2) is 24.1 Å². The molecular formula is C8H15N3O2. The van der Waals surface area contributed by atoms with Gasteiger partial charge in [0.05, 0.1) is 5.29 Å². The summed E-state index contributed by atoms with van der Waals surface area (Å²) in [6, 6.07) is -0.174. The molecule has 1 fully saturated rings. The van der Waals surface area contributed by atoms with Crippen molar-refractivity contribution < 1.29 is 4.79 Å². The Morgan fingerprint density at radius 2 is 2.00 bits per heavy atom. The number of urea groups is 1. The fourth-order valence-corrected chi connectivity index (χ4v) is 1.55. The molecule has 13 heavy (non-hydrogen) atoms. The minimum Gasteiger partial charge on any atom is -0.334 e. The SMILES string of the molecule is CN(N=O)C(=O)NC1CCCCC1. The molecule has 0 spiro atoms. The molecule has 0 atom stereocenters. The van der Waals surface area contributed by atoms with Gasteiger partial charge in [-0.3, -0.25) is 0 Å². The summed E-state index contributed by atoms with van der Waals surface area (Å²) in [7, 11) is 1.35. The Balaban J connectivity index is 2.29. The van der Waals surface area contributed by atoms with Crippen molar-refractivity contribution in [1.29, 1.82) is 0 Å². The summed E-state index contributed by atoms with van der Waals surface area (Å²) < 4.78 is 0. The number of carbonyl (C=O) groups is 1. The summed E-state index contributed by atoms with van der Waals surface area (Å²) in [5, 5.41) is 6.07. The number of nitrogens with one attached hydrogen (secondary N) is 1. The quantitative estimate of drug-likeness (QED) is 0.525. The lowest BCUT2D eigenvalue weighted by molar-refractivity contribution is 0.202. The van der Waals surface area contributed by atoms with Crippen molar-refractivity contribution in [2.24, 2.45) is 5.29 Å². The Hall–Kier alpha value is -1.13. The topological polar surface area (TPSA) is 61.8 Å². The summed E-state index contributed by atoms with van der Waals surface area (Å²) in [5.74, 6) is 0. The molecule has 0 aromatic carbocycles. The van der Waals surface area contributed by atoms with Gasteiger partial charge in [0.1, 0.15) is 0 Å². The molecule has 1 aliphatic rings. The van der Waals surface area contributed by atoms with Gasteiger partial charge in [0.15, 0.2) is 0 Å². The van der Waals surface area contributed by atoms with E-state index in [9.17, 15) is 9.70 Å². The van der Waals surface area contributed by atoms with E-state index in [-0.39, 0.29) is 6.04 Å². The molecule has 0 saturated heterocycles. The lowest BCUT2D eigenvalue weighted by atomic mass is 9.96. The predicted molar refractivity (Wildman–Crippen MR) is 49.0 cm³/mol. The highest BCUT2D eigenvalue weighted by molar-refractivity contribution is 5.73. The summed E-state index contributed by atoms with van der Waals surface area (Å²) in [4.78, 5) is 21.2. The Bertz CT molecular complexity index is 190. The monoisotopic (exact) mass is 185 g/mol. The molecule has 1 saturated carbocycles. The average molecular weight is 185 g/mol. The van der Waals surface area contributed by atoms with Gasteiger partial charge in [0, 0.05) is 13.1 Å². The van der Waals surface area contributed by atoms with Crippen LogP contribution in [0.3, 0.4) is 0 Å². The molecular weight excluding hydrogens is 170 g/mol. The van der Waals surface area contributed by atoms with E-state index < -0.39 is 6.03 Å². The lowest BCUT2D eigenvalue weighted by Gasteiger charge is -2.23. The molecule has 5 nitrogen and oxygen atoms in total. The Labute approximate surface area is 77.4 Å². The minimum atomic E-state index is -0.401. The van der Waals surface area contributed by atoms with Crippen LogP contribution < -0.4 is 5.32 Å². The molecule has 1 aliphatic carbocycles. The summed E-state index contributed by atoms with van der Waals surface area (Å²) >= 11 is 0. The van der Waals surface area contributed by atoms with Gasteiger partial charge in [-0.2, -0.15) is 5.01 Å². The van der Waals surface area contributed by atoms with Gasteiger partial charge in [-0.1, -0.05) is 19.3 Å². The molecule has 1 N–H and O–H groups in total. The van der Waals surface area contributed by atoms with Crippen molar-refractivity contribution in [3.8, 4) is 0 Å². The fraction of sp³-hybridized carbons (Fsp3) is 0.875. The Morgan fingerprint density at radius 1 is 1.38 bits per heavy atom. The zero-order chi connectivity index (χ0) is 9.68. The molecule has 1 rings (SSSR count). The van der Waals surface area contributed by atoms with Crippen molar-refractivity contribution >= 4 is 6.03 Å². The number of nitrogens with zero attached hydrogens (tertiary/aromatic N) is 2. The van der Waals surface area contributed by atoms with E-state index >= 15 is 0 Å². The first-order valence-corrected chi connectivity index (χ1v) is 4.61. The summed E-state index contributed by atoms with van der Waals surface area (Å²) in [5.41, 5.74) is 0. The molecule has 0 bridgehead atoms. The van der Waals surface area contributed by atoms with E-state index in [1.807, 2.05) is 0 Å². The normalized spacial score (nSPS) is 17.9. The minimum absolute atomic E-state index is 0.227. The molecule has 0 aliphatic heterocycles. The first-order chi connectivity index (χ1) is 6.24. The van der Waals surface area contributed by atoms with Crippen LogP contribution in [0.1, 0.15) is 32.1 Å². The second-order valence-corrected chi connectivity index (χ2v) is 3.39. The highest BCUT2D eigenvalue weighted by atomic mass is 16.3. The number of amides is 2. The zero-order valence-corrected chi connectivity index (χ0v) is 7.82. The second kappa shape index (κ2) is 4.79. The Kier molecular flexibility index (Phi) is 3.67. The van der Waals surface area contributed by atoms with Crippen molar-refractivity contribution in [1.82, 2.24) is 10.3 Å². The fourth-order valence-electron chi connectivity index (χ4n) is 1.55. The second-order valence-electron chi connectivity index (χ2n) is 3.39. The lowest BCUT2D eigenvalue weighted by Crippen LogP contribution is -2.41. The number of carbonyl (C=O) groups excluding carboxylic acids is 1. The number of hydrogen-bond donors (Lipinski definition) is 1. The van der Waals surface area contributed by atoms with Crippen molar-refractivity contribution in [3.63, 3.8) is 0 Å². The van der Waals surface area contributed by atoms with Crippen LogP contribution >= 0.6 is 0 Å². The van der Waals surface area contributed by atoms with E-state index in [0.717, 1.165) is 30.7 Å². The summed E-state index contributed by atoms with van der Waals surface area (Å²) in [6.07, 6.45) is 5.58. The van der Waals surface area contributed by atoms with Crippen molar-refractivity contribution in [3.05, 3.63) is 4.91 Å². The van der Waals surface area contributed by atoms with Crippen LogP contribution in [0.15, 0.2) is 5.29 Å². The van der Waals surface area contributed by atoms with Crippen LogP contribution in [0.2, 0.25) is 0 Å². The summed E-state index contributed by atoms with van der Waals surface area (Å²) in [6.45, 7) is 0. The van der Waals surface area contributed by atoms with Crippen LogP contribution in [0, 0.1) is 4.91 Å². The van der Waals surface area contributed by atoms with E-state index in [4.69, 9.17) is 0 Å². The standard InChI is InChI=1S/C8H15N3O2/c1-11(10-13)8(12)9-7-5-3-2-4-6-7/h7H,2-6H2,1H3,(H,9,12). The van der Waals surface area contributed by atoms with Crippen LogP contribution in [0.5, 0.6) is 0 Å². The maximum atomic E-state index is 11.2. The largest absolute Gasteiger partial charge is 0.340 e. The number of nitroso groups, excluding NO2 is 1. The van der Waals surface area contributed by atoms with Gasteiger partial charge in [0.25, 0.3) is 0 Å². The molecule has 0 heterocycles. The van der Waals surface area contributed by atoms with E-state index in [2.05, 4.69) is 10.6 Å². The molecule has 0 aromatic rings. The number of rotatable bonds is 2. The third-order valence-electron chi connectivity index (χ3n) is 2.35. The number of hydrogen-bond acceptors (Lipinski definition) is 3. The van der Waals surface area contributed by atoms with Crippen molar-refractivity contribution in [2.75, 3.05) is 7.05 Å². The highest BCUT2D eigenvalue weighted by Crippen LogP contribution is 2.17. The van der Waals surface area contributed by atoms with E-state index in [1.165, 1.54) is 13.5 Å². The molecule has 0 radical (unpaired) electrons. The maximum Gasteiger partial charge on any atom is 0.340 e. The first-order valence-electron chi connectivity index (χ1n) is 4.61. The van der Waals surface area contributed by atoms with Gasteiger partial charge < -0.3 is 5.32 Å². The molecule has 0 aromatic heterocycles. The van der Waals surface area contributed by atoms with Gasteiger partial charge >= 0.3 is 6.03 Å². The maximum absolute atomic E-state index is 11.2. The van der Waals surface area contributed by atoms with E-state index in [1.54, 1.807) is 0 Å². The molecule has 2 amide bonds. The van der Waals surface area contributed by atoms with Crippen LogP contribution in [0.25, 0.3) is 0 Å². The van der Waals surface area contributed by atoms with Crippen molar-refractivity contribution in [2.45, 2.75) is 38.1 Å². The third-order valence-corrected chi connectivity index (χ3v) is 2.35. The first kappa shape index (κ1) is 9.95. The van der Waals surface area contributed by atoms with E-state index in [0.29, 0.717) is 0 Å². The van der Waals surface area contributed by atoms with Gasteiger partial charge in [-0.05, 0) is 12.8 Å². The van der Waals surface area contributed by atoms with Gasteiger partial charge in [-0.25, -0.2) is 4.79 Å². The predicted octanol–water partition coefficient (Wildman–Crippen LogP) is 1.64. The average Bonchev–Trinajstić information content (AvgIpc) is 2.18. The smallest absolute Gasteiger partial charge is 0.334 e. The van der Waals surface area contributed by atoms with Crippen LogP contribution in [0.4, 0.5) is 4.79 Å². The molecule has 0 unspecified atom stereocenters. The zero-order valence-electron chi connectivity index (χ0n) is 7.82. The van der Waals surface area contributed by atoms with Gasteiger partial charge in [-0.15, -0.1) is 4.91 Å². The highest BCUT2D eigenvalue weighted by Gasteiger charge is 2.17. The third kappa shape index (κ3) is 3.01. The van der Waals surface area contributed by atoms with Gasteiger partial charge in [0.2, 0.25) is 0 Å². The molecule has 5 heteroatoms. The van der Waals surface area contributed by atoms with Crippen LogP contribution in [-0.2, 0) is 0 Å². The molecule has 74 valence electrons.